The minimum absolute atomic E-state index is 0.901. The quantitative estimate of drug-likeness (QED) is 0.210. The van der Waals surface area contributed by atoms with Crippen LogP contribution >= 0.6 is 0 Å². The number of benzene rings is 6. The van der Waals surface area contributed by atoms with Gasteiger partial charge in [-0.25, -0.2) is 4.98 Å². The van der Waals surface area contributed by atoms with Crippen molar-refractivity contribution in [2.24, 2.45) is 0 Å². The Morgan fingerprint density at radius 1 is 0.341 bits per heavy atom. The number of hydrogen-bond acceptors (Lipinski definition) is 1. The van der Waals surface area contributed by atoms with Gasteiger partial charge in [0.2, 0.25) is 0 Å². The lowest BCUT2D eigenvalue weighted by molar-refractivity contribution is 1.08. The summed E-state index contributed by atoms with van der Waals surface area (Å²) in [5, 5.41) is 4.93. The number of para-hydroxylation sites is 3. The first-order valence-electron chi connectivity index (χ1n) is 15.0. The molecule has 0 N–H and O–H groups in total. The number of rotatable bonds is 4. The summed E-state index contributed by atoms with van der Waals surface area (Å²) in [4.78, 5) is 5.33. The van der Waals surface area contributed by atoms with E-state index >= 15 is 0 Å². The van der Waals surface area contributed by atoms with E-state index < -0.39 is 0 Å². The summed E-state index contributed by atoms with van der Waals surface area (Å²) in [6, 6.07) is 58.3. The Labute approximate surface area is 254 Å². The highest BCUT2D eigenvalue weighted by Crippen LogP contribution is 2.40. The summed E-state index contributed by atoms with van der Waals surface area (Å²) in [5.41, 5.74) is 10.2. The lowest BCUT2D eigenvalue weighted by atomic mass is 10.0. The zero-order valence-corrected chi connectivity index (χ0v) is 23.9. The second-order valence-corrected chi connectivity index (χ2v) is 11.3. The molecular formula is C41H27N3. The molecule has 3 heteroatoms. The van der Waals surface area contributed by atoms with Gasteiger partial charge in [0.15, 0.2) is 0 Å². The Morgan fingerprint density at radius 2 is 0.864 bits per heavy atom. The Morgan fingerprint density at radius 3 is 1.52 bits per heavy atom. The summed E-state index contributed by atoms with van der Waals surface area (Å²) in [7, 11) is 0. The first-order chi connectivity index (χ1) is 21.8. The molecule has 0 aliphatic heterocycles. The van der Waals surface area contributed by atoms with Gasteiger partial charge in [0.1, 0.15) is 5.82 Å². The molecule has 0 spiro atoms. The minimum Gasteiger partial charge on any atom is -0.309 e. The van der Waals surface area contributed by atoms with E-state index in [0.717, 1.165) is 39.4 Å². The smallest absolute Gasteiger partial charge is 0.138 e. The zero-order chi connectivity index (χ0) is 29.0. The van der Waals surface area contributed by atoms with Crippen molar-refractivity contribution in [3.63, 3.8) is 0 Å². The summed E-state index contributed by atoms with van der Waals surface area (Å²) < 4.78 is 4.73. The predicted octanol–water partition coefficient (Wildman–Crippen LogP) is 10.6. The first-order valence-corrected chi connectivity index (χ1v) is 15.0. The van der Waals surface area contributed by atoms with Crippen LogP contribution < -0.4 is 0 Å². The van der Waals surface area contributed by atoms with E-state index in [0.29, 0.717) is 0 Å². The molecule has 3 aromatic heterocycles. The van der Waals surface area contributed by atoms with Crippen LogP contribution in [-0.2, 0) is 0 Å². The van der Waals surface area contributed by atoms with Crippen LogP contribution in [0, 0.1) is 0 Å². The third-order valence-electron chi connectivity index (χ3n) is 8.70. The molecule has 3 nitrogen and oxygen atoms in total. The molecule has 0 bridgehead atoms. The zero-order valence-electron chi connectivity index (χ0n) is 23.9. The van der Waals surface area contributed by atoms with E-state index in [1.54, 1.807) is 0 Å². The molecule has 3 heterocycles. The molecule has 6 aromatic carbocycles. The normalized spacial score (nSPS) is 11.6. The molecule has 0 unspecified atom stereocenters. The molecule has 0 fully saturated rings. The molecule has 0 aliphatic rings. The van der Waals surface area contributed by atoms with Crippen LogP contribution in [-0.4, -0.2) is 14.1 Å². The van der Waals surface area contributed by atoms with Gasteiger partial charge in [-0.05, 0) is 59.7 Å². The van der Waals surface area contributed by atoms with Crippen molar-refractivity contribution in [3.8, 4) is 33.9 Å². The van der Waals surface area contributed by atoms with Gasteiger partial charge in [-0.3, -0.25) is 4.57 Å². The molecule has 9 rings (SSSR count). The summed E-state index contributed by atoms with van der Waals surface area (Å²) in [6.07, 6.45) is 0. The van der Waals surface area contributed by atoms with Crippen molar-refractivity contribution in [1.82, 2.24) is 14.1 Å². The highest BCUT2D eigenvalue weighted by atomic mass is 15.1. The molecule has 0 atom stereocenters. The van der Waals surface area contributed by atoms with Crippen molar-refractivity contribution < 1.29 is 0 Å². The monoisotopic (exact) mass is 561 g/mol. The second-order valence-electron chi connectivity index (χ2n) is 11.3. The Hall–Kier alpha value is -5.93. The third-order valence-corrected chi connectivity index (χ3v) is 8.70. The number of fused-ring (bicyclic) bond motifs is 6. The SMILES string of the molecule is c1ccc(-c2cc(-c3ccccc3)nc(-n3c4ccccc4c4cc5c6ccccc6n(-c6ccccc6)c5cc43)c2)cc1. The third kappa shape index (κ3) is 3.80. The van der Waals surface area contributed by atoms with Crippen LogP contribution in [0.3, 0.4) is 0 Å². The summed E-state index contributed by atoms with van der Waals surface area (Å²) >= 11 is 0. The molecule has 0 saturated heterocycles. The van der Waals surface area contributed by atoms with Crippen molar-refractivity contribution in [1.29, 1.82) is 0 Å². The van der Waals surface area contributed by atoms with Gasteiger partial charge in [0.25, 0.3) is 0 Å². The van der Waals surface area contributed by atoms with Crippen molar-refractivity contribution in [2.45, 2.75) is 0 Å². The van der Waals surface area contributed by atoms with Gasteiger partial charge in [0.05, 0.1) is 27.8 Å². The van der Waals surface area contributed by atoms with E-state index in [9.17, 15) is 0 Å². The number of aromatic nitrogens is 3. The van der Waals surface area contributed by atoms with Crippen LogP contribution in [0.2, 0.25) is 0 Å². The predicted molar refractivity (Wildman–Crippen MR) is 184 cm³/mol. The second kappa shape index (κ2) is 9.82. The van der Waals surface area contributed by atoms with Crippen molar-refractivity contribution >= 4 is 43.6 Å². The fraction of sp³-hybridized carbons (Fsp3) is 0. The molecule has 44 heavy (non-hydrogen) atoms. The van der Waals surface area contributed by atoms with Gasteiger partial charge >= 0.3 is 0 Å². The van der Waals surface area contributed by atoms with Gasteiger partial charge in [-0.15, -0.1) is 0 Å². The van der Waals surface area contributed by atoms with E-state index in [1.165, 1.54) is 38.1 Å². The van der Waals surface area contributed by atoms with Gasteiger partial charge in [0, 0.05) is 32.8 Å². The molecule has 0 saturated carbocycles. The maximum Gasteiger partial charge on any atom is 0.138 e. The molecular weight excluding hydrogens is 534 g/mol. The van der Waals surface area contributed by atoms with Crippen LogP contribution in [0.25, 0.3) is 77.5 Å². The van der Waals surface area contributed by atoms with Crippen LogP contribution in [0.5, 0.6) is 0 Å². The van der Waals surface area contributed by atoms with E-state index in [-0.39, 0.29) is 0 Å². The molecule has 9 aromatic rings. The van der Waals surface area contributed by atoms with E-state index in [4.69, 9.17) is 4.98 Å². The Balaban J connectivity index is 1.41. The number of pyridine rings is 1. The lowest BCUT2D eigenvalue weighted by Crippen LogP contribution is -2.00. The highest BCUT2D eigenvalue weighted by molar-refractivity contribution is 6.19. The van der Waals surface area contributed by atoms with Crippen LogP contribution in [0.1, 0.15) is 0 Å². The maximum atomic E-state index is 5.33. The topological polar surface area (TPSA) is 22.8 Å². The standard InChI is InChI=1S/C41H27N3/c1-4-14-28(15-5-1)30-24-36(29-16-6-2-7-17-29)42-41(25-30)44-38-23-13-11-21-33(38)35-26-34-32-20-10-12-22-37(32)43(39(34)27-40(35)44)31-18-8-3-9-19-31/h1-27H. The lowest BCUT2D eigenvalue weighted by Gasteiger charge is -2.13. The van der Waals surface area contributed by atoms with E-state index in [2.05, 4.69) is 173 Å². The minimum atomic E-state index is 0.901. The number of nitrogens with zero attached hydrogens (tertiary/aromatic N) is 3. The molecule has 206 valence electrons. The maximum absolute atomic E-state index is 5.33. The number of hydrogen-bond donors (Lipinski definition) is 0. The average Bonchev–Trinajstić information content (AvgIpc) is 3.60. The molecule has 0 amide bonds. The first kappa shape index (κ1) is 24.6. The van der Waals surface area contributed by atoms with Gasteiger partial charge < -0.3 is 4.57 Å². The Bertz CT molecular complexity index is 2410. The highest BCUT2D eigenvalue weighted by Gasteiger charge is 2.19. The Kier molecular flexibility index (Phi) is 5.50. The van der Waals surface area contributed by atoms with Gasteiger partial charge in [-0.2, -0.15) is 0 Å². The molecule has 0 radical (unpaired) electrons. The molecule has 0 aliphatic carbocycles. The summed E-state index contributed by atoms with van der Waals surface area (Å²) in [5.74, 6) is 0.901. The fourth-order valence-corrected chi connectivity index (χ4v) is 6.72. The van der Waals surface area contributed by atoms with Crippen LogP contribution in [0.4, 0.5) is 0 Å². The van der Waals surface area contributed by atoms with Gasteiger partial charge in [-0.1, -0.05) is 115 Å². The fourth-order valence-electron chi connectivity index (χ4n) is 6.72. The van der Waals surface area contributed by atoms with Crippen molar-refractivity contribution in [2.75, 3.05) is 0 Å². The van der Waals surface area contributed by atoms with Crippen LogP contribution in [0.15, 0.2) is 164 Å². The van der Waals surface area contributed by atoms with Crippen molar-refractivity contribution in [3.05, 3.63) is 164 Å². The average molecular weight is 562 g/mol. The largest absolute Gasteiger partial charge is 0.309 e. The summed E-state index contributed by atoms with van der Waals surface area (Å²) in [6.45, 7) is 0. The van der Waals surface area contributed by atoms with E-state index in [1.807, 2.05) is 0 Å².